The van der Waals surface area contributed by atoms with Gasteiger partial charge in [0, 0.05) is 12.3 Å². The number of aliphatic carboxylic acids is 1. The maximum atomic E-state index is 11.9. The number of thioether (sulfide) groups is 1. The van der Waals surface area contributed by atoms with Crippen molar-refractivity contribution < 1.29 is 19.5 Å². The van der Waals surface area contributed by atoms with Crippen LogP contribution in [-0.2, 0) is 9.59 Å². The quantitative estimate of drug-likeness (QED) is 0.665. The first-order valence-corrected chi connectivity index (χ1v) is 7.28. The molecule has 108 valence electrons. The molecule has 1 heterocycles. The minimum atomic E-state index is -1.02. The molecule has 2 atom stereocenters. The van der Waals surface area contributed by atoms with Gasteiger partial charge in [-0.15, -0.1) is 11.8 Å². The first kappa shape index (κ1) is 15.6. The van der Waals surface area contributed by atoms with E-state index in [9.17, 15) is 14.4 Å². The van der Waals surface area contributed by atoms with Gasteiger partial charge in [-0.05, 0) is 13.3 Å². The summed E-state index contributed by atoms with van der Waals surface area (Å²) in [5.74, 6) is -0.595. The SMILES string of the molecule is CCCNC(=O)C(C)NC(=O)N1CSC[C@@H]1C(=O)O. The summed E-state index contributed by atoms with van der Waals surface area (Å²) in [6.07, 6.45) is 0.816. The van der Waals surface area contributed by atoms with Gasteiger partial charge in [-0.3, -0.25) is 4.79 Å². The number of urea groups is 1. The van der Waals surface area contributed by atoms with Crippen LogP contribution in [0.2, 0.25) is 0 Å². The molecule has 1 aliphatic rings. The summed E-state index contributed by atoms with van der Waals surface area (Å²) >= 11 is 1.38. The van der Waals surface area contributed by atoms with E-state index in [2.05, 4.69) is 10.6 Å². The first-order valence-electron chi connectivity index (χ1n) is 6.12. The lowest BCUT2D eigenvalue weighted by atomic mass is 10.3. The largest absolute Gasteiger partial charge is 0.480 e. The fourth-order valence-corrected chi connectivity index (χ4v) is 2.73. The first-order chi connectivity index (χ1) is 8.97. The van der Waals surface area contributed by atoms with Gasteiger partial charge in [-0.25, -0.2) is 9.59 Å². The normalized spacial score (nSPS) is 19.9. The number of hydrogen-bond acceptors (Lipinski definition) is 4. The van der Waals surface area contributed by atoms with E-state index in [4.69, 9.17) is 5.11 Å². The van der Waals surface area contributed by atoms with E-state index in [-0.39, 0.29) is 5.91 Å². The second-order valence-electron chi connectivity index (χ2n) is 4.29. The maximum absolute atomic E-state index is 11.9. The Balaban J connectivity index is 2.50. The number of carboxylic acids is 1. The molecule has 0 saturated carbocycles. The zero-order valence-electron chi connectivity index (χ0n) is 11.0. The Kier molecular flexibility index (Phi) is 5.94. The highest BCUT2D eigenvalue weighted by atomic mass is 32.2. The van der Waals surface area contributed by atoms with Crippen molar-refractivity contribution in [2.24, 2.45) is 0 Å². The Bertz CT molecular complexity index is 364. The summed E-state index contributed by atoms with van der Waals surface area (Å²) in [6.45, 7) is 4.06. The van der Waals surface area contributed by atoms with Crippen molar-refractivity contribution in [3.63, 3.8) is 0 Å². The minimum absolute atomic E-state index is 0.270. The van der Waals surface area contributed by atoms with E-state index in [0.717, 1.165) is 6.42 Å². The van der Waals surface area contributed by atoms with E-state index in [1.165, 1.54) is 16.7 Å². The number of nitrogens with zero attached hydrogens (tertiary/aromatic N) is 1. The second kappa shape index (κ2) is 7.22. The number of amides is 3. The summed E-state index contributed by atoms with van der Waals surface area (Å²) in [7, 11) is 0. The van der Waals surface area contributed by atoms with Crippen LogP contribution in [-0.4, -0.2) is 58.2 Å². The van der Waals surface area contributed by atoms with Crippen molar-refractivity contribution in [3.8, 4) is 0 Å². The minimum Gasteiger partial charge on any atom is -0.480 e. The summed E-state index contributed by atoms with van der Waals surface area (Å²) in [4.78, 5) is 35.7. The van der Waals surface area contributed by atoms with Gasteiger partial charge in [0.1, 0.15) is 12.1 Å². The topological polar surface area (TPSA) is 98.7 Å². The third-order valence-corrected chi connectivity index (χ3v) is 3.72. The fourth-order valence-electron chi connectivity index (χ4n) is 1.58. The lowest BCUT2D eigenvalue weighted by molar-refractivity contribution is -0.140. The van der Waals surface area contributed by atoms with Gasteiger partial charge in [0.05, 0.1) is 5.88 Å². The van der Waals surface area contributed by atoms with E-state index in [1.807, 2.05) is 6.92 Å². The van der Waals surface area contributed by atoms with Crippen LogP contribution < -0.4 is 10.6 Å². The highest BCUT2D eigenvalue weighted by molar-refractivity contribution is 7.99. The van der Waals surface area contributed by atoms with Crippen LogP contribution in [0.5, 0.6) is 0 Å². The molecule has 7 nitrogen and oxygen atoms in total. The molecule has 0 aromatic rings. The van der Waals surface area contributed by atoms with E-state index >= 15 is 0 Å². The number of nitrogens with one attached hydrogen (secondary N) is 2. The Hall–Kier alpha value is -1.44. The molecule has 0 aromatic heterocycles. The van der Waals surface area contributed by atoms with Crippen molar-refractivity contribution in [1.29, 1.82) is 0 Å². The number of carbonyl (C=O) groups is 3. The molecule has 1 aliphatic heterocycles. The summed E-state index contributed by atoms with van der Waals surface area (Å²) in [5.41, 5.74) is 0. The van der Waals surface area contributed by atoms with Gasteiger partial charge in [-0.2, -0.15) is 0 Å². The highest BCUT2D eigenvalue weighted by Crippen LogP contribution is 2.20. The Labute approximate surface area is 116 Å². The van der Waals surface area contributed by atoms with E-state index in [1.54, 1.807) is 6.92 Å². The Morgan fingerprint density at radius 1 is 1.47 bits per heavy atom. The molecule has 0 bridgehead atoms. The van der Waals surface area contributed by atoms with Crippen LogP contribution in [0.25, 0.3) is 0 Å². The summed E-state index contributed by atoms with van der Waals surface area (Å²) < 4.78 is 0. The molecule has 0 aromatic carbocycles. The van der Waals surface area contributed by atoms with Gasteiger partial charge >= 0.3 is 12.0 Å². The molecule has 1 unspecified atom stereocenters. The smallest absolute Gasteiger partial charge is 0.327 e. The fraction of sp³-hybridized carbons (Fsp3) is 0.727. The van der Waals surface area contributed by atoms with Gasteiger partial charge in [0.25, 0.3) is 0 Å². The summed E-state index contributed by atoms with van der Waals surface area (Å²) in [6, 6.07) is -2.02. The van der Waals surface area contributed by atoms with Gasteiger partial charge < -0.3 is 20.6 Å². The second-order valence-corrected chi connectivity index (χ2v) is 5.29. The van der Waals surface area contributed by atoms with Crippen LogP contribution >= 0.6 is 11.8 Å². The molecule has 0 radical (unpaired) electrons. The molecule has 1 saturated heterocycles. The molecule has 8 heteroatoms. The third kappa shape index (κ3) is 4.30. The Morgan fingerprint density at radius 3 is 2.74 bits per heavy atom. The van der Waals surface area contributed by atoms with Gasteiger partial charge in [0.2, 0.25) is 5.91 Å². The standard InChI is InChI=1S/C11H19N3O4S/c1-3-4-12-9(15)7(2)13-11(18)14-6-19-5-8(14)10(16)17/h7-8H,3-6H2,1-2H3,(H,12,15)(H,13,18)(H,16,17)/t7?,8-/m1/s1. The molecule has 3 N–H and O–H groups in total. The maximum Gasteiger partial charge on any atom is 0.327 e. The monoisotopic (exact) mass is 289 g/mol. The average Bonchev–Trinajstić information content (AvgIpc) is 2.84. The van der Waals surface area contributed by atoms with Crippen molar-refractivity contribution >= 4 is 29.7 Å². The van der Waals surface area contributed by atoms with Gasteiger partial charge in [0.15, 0.2) is 0 Å². The van der Waals surface area contributed by atoms with Crippen molar-refractivity contribution in [2.45, 2.75) is 32.4 Å². The van der Waals surface area contributed by atoms with Crippen LogP contribution in [0.15, 0.2) is 0 Å². The lowest BCUT2D eigenvalue weighted by Crippen LogP contribution is -2.52. The van der Waals surface area contributed by atoms with Crippen molar-refractivity contribution in [1.82, 2.24) is 15.5 Å². The molecule has 0 aliphatic carbocycles. The molecular formula is C11H19N3O4S. The van der Waals surface area contributed by atoms with Crippen LogP contribution in [0.4, 0.5) is 4.79 Å². The average molecular weight is 289 g/mol. The van der Waals surface area contributed by atoms with Crippen molar-refractivity contribution in [3.05, 3.63) is 0 Å². The molecular weight excluding hydrogens is 270 g/mol. The van der Waals surface area contributed by atoms with Crippen LogP contribution in [0.1, 0.15) is 20.3 Å². The number of rotatable bonds is 5. The third-order valence-electron chi connectivity index (χ3n) is 2.71. The van der Waals surface area contributed by atoms with Crippen molar-refractivity contribution in [2.75, 3.05) is 18.2 Å². The molecule has 19 heavy (non-hydrogen) atoms. The number of carboxylic acid groups (broad SMARTS) is 1. The van der Waals surface area contributed by atoms with Crippen LogP contribution in [0.3, 0.4) is 0 Å². The van der Waals surface area contributed by atoms with Gasteiger partial charge in [-0.1, -0.05) is 6.92 Å². The molecule has 3 amide bonds. The molecule has 1 rings (SSSR count). The summed E-state index contributed by atoms with van der Waals surface area (Å²) in [5, 5.41) is 14.2. The predicted octanol–water partition coefficient (Wildman–Crippen LogP) is 0.0702. The number of hydrogen-bond donors (Lipinski definition) is 3. The molecule has 1 fully saturated rings. The lowest BCUT2D eigenvalue weighted by Gasteiger charge is -2.23. The number of carbonyl (C=O) groups excluding carboxylic acids is 2. The predicted molar refractivity (Wildman–Crippen MR) is 71.9 cm³/mol. The van der Waals surface area contributed by atoms with E-state index in [0.29, 0.717) is 18.2 Å². The van der Waals surface area contributed by atoms with Crippen LogP contribution in [0, 0.1) is 0 Å². The molecule has 0 spiro atoms. The highest BCUT2D eigenvalue weighted by Gasteiger charge is 2.35. The zero-order chi connectivity index (χ0) is 14.4. The zero-order valence-corrected chi connectivity index (χ0v) is 11.8. The van der Waals surface area contributed by atoms with E-state index < -0.39 is 24.1 Å². The Morgan fingerprint density at radius 2 is 2.16 bits per heavy atom.